The molecule has 1 aromatic carbocycles. The molecule has 0 aromatic heterocycles. The highest BCUT2D eigenvalue weighted by Crippen LogP contribution is 2.65. The highest BCUT2D eigenvalue weighted by atomic mass is 16.3. The second-order valence-corrected chi connectivity index (χ2v) is 6.97. The number of allylic oxidation sites excluding steroid dienone is 2. The highest BCUT2D eigenvalue weighted by Gasteiger charge is 2.57. The number of carbonyl (C=O) groups excluding carboxylic acids is 1. The molecule has 4 rings (SSSR count). The highest BCUT2D eigenvalue weighted by molar-refractivity contribution is 6.08. The molecule has 1 spiro atoms. The molecule has 0 saturated heterocycles. The van der Waals surface area contributed by atoms with Gasteiger partial charge in [-0.2, -0.15) is 0 Å². The molecule has 104 valence electrons. The molecule has 0 radical (unpaired) electrons. The van der Waals surface area contributed by atoms with Crippen LogP contribution in [-0.4, -0.2) is 10.9 Å². The molecule has 20 heavy (non-hydrogen) atoms. The number of hydrogen-bond donors (Lipinski definition) is 1. The van der Waals surface area contributed by atoms with Crippen LogP contribution in [0.2, 0.25) is 0 Å². The van der Waals surface area contributed by atoms with Crippen molar-refractivity contribution in [2.75, 3.05) is 0 Å². The molecular formula is C18H20O2. The summed E-state index contributed by atoms with van der Waals surface area (Å²) in [6.45, 7) is 6.30. The van der Waals surface area contributed by atoms with Crippen molar-refractivity contribution >= 4 is 11.4 Å². The Kier molecular flexibility index (Phi) is 2.16. The van der Waals surface area contributed by atoms with E-state index < -0.39 is 0 Å². The van der Waals surface area contributed by atoms with Crippen molar-refractivity contribution in [3.05, 3.63) is 34.4 Å². The van der Waals surface area contributed by atoms with Crippen LogP contribution in [0.1, 0.15) is 43.4 Å². The lowest BCUT2D eigenvalue weighted by Crippen LogP contribution is -2.29. The Morgan fingerprint density at radius 3 is 2.80 bits per heavy atom. The third-order valence-corrected chi connectivity index (χ3v) is 6.14. The van der Waals surface area contributed by atoms with Crippen LogP contribution < -0.4 is 0 Å². The third kappa shape index (κ3) is 1.19. The first kappa shape index (κ1) is 12.2. The first-order chi connectivity index (χ1) is 9.45. The van der Waals surface area contributed by atoms with Crippen LogP contribution in [-0.2, 0) is 11.2 Å². The minimum Gasteiger partial charge on any atom is -0.508 e. The van der Waals surface area contributed by atoms with Gasteiger partial charge in [-0.1, -0.05) is 13.0 Å². The van der Waals surface area contributed by atoms with E-state index in [1.54, 1.807) is 6.07 Å². The van der Waals surface area contributed by atoms with Gasteiger partial charge < -0.3 is 5.11 Å². The quantitative estimate of drug-likeness (QED) is 0.780. The van der Waals surface area contributed by atoms with Gasteiger partial charge in [0.15, 0.2) is 5.78 Å². The van der Waals surface area contributed by atoms with E-state index in [0.29, 0.717) is 17.5 Å². The number of phenols is 1. The zero-order chi connectivity index (χ0) is 14.2. The molecular weight excluding hydrogens is 248 g/mol. The summed E-state index contributed by atoms with van der Waals surface area (Å²) in [7, 11) is 0. The number of ketones is 1. The molecule has 0 amide bonds. The topological polar surface area (TPSA) is 37.3 Å². The van der Waals surface area contributed by atoms with Gasteiger partial charge in [0.2, 0.25) is 0 Å². The summed E-state index contributed by atoms with van der Waals surface area (Å²) in [5, 5.41) is 9.98. The van der Waals surface area contributed by atoms with E-state index >= 15 is 0 Å². The van der Waals surface area contributed by atoms with Crippen molar-refractivity contribution in [3.63, 3.8) is 0 Å². The minimum atomic E-state index is 0.156. The van der Waals surface area contributed by atoms with Crippen molar-refractivity contribution in [1.82, 2.24) is 0 Å². The fraction of sp³-hybridized carbons (Fsp3) is 0.500. The molecule has 3 aliphatic rings. The summed E-state index contributed by atoms with van der Waals surface area (Å²) in [5.41, 5.74) is 5.91. The summed E-state index contributed by atoms with van der Waals surface area (Å²) in [6.07, 6.45) is 3.04. The molecule has 1 saturated carbocycles. The average Bonchev–Trinajstić information content (AvgIpc) is 2.90. The van der Waals surface area contributed by atoms with E-state index in [1.807, 2.05) is 19.9 Å². The number of fused-ring (bicyclic) bond motifs is 3. The maximum Gasteiger partial charge on any atom is 0.162 e. The molecule has 3 aliphatic carbocycles. The molecule has 1 fully saturated rings. The molecule has 0 heterocycles. The van der Waals surface area contributed by atoms with Crippen molar-refractivity contribution in [1.29, 1.82) is 0 Å². The molecule has 0 aliphatic heterocycles. The Morgan fingerprint density at radius 1 is 1.30 bits per heavy atom. The third-order valence-electron chi connectivity index (χ3n) is 6.14. The Bertz CT molecular complexity index is 683. The van der Waals surface area contributed by atoms with Crippen molar-refractivity contribution in [2.45, 2.75) is 40.0 Å². The molecule has 1 aromatic rings. The first-order valence-electron chi connectivity index (χ1n) is 7.53. The maximum atomic E-state index is 12.5. The van der Waals surface area contributed by atoms with Crippen molar-refractivity contribution < 1.29 is 9.90 Å². The lowest BCUT2D eigenvalue weighted by atomic mass is 9.68. The van der Waals surface area contributed by atoms with Crippen LogP contribution in [0.5, 0.6) is 5.75 Å². The normalized spacial score (nSPS) is 34.5. The van der Waals surface area contributed by atoms with Crippen molar-refractivity contribution in [2.24, 2.45) is 17.3 Å². The standard InChI is InChI=1S/C18H20O2/c1-9-6-12-7-18(9)8-14-10(2)15(19)5-4-13(14)16(18)11(3)17(12)20/h4-5,9,12,19H,6-8H2,1-3H3. The SMILES string of the molecule is CC1=C2c3ccc(O)c(C)c3CC23CC(CC3C)C1=O. The van der Waals surface area contributed by atoms with Gasteiger partial charge in [-0.15, -0.1) is 0 Å². The van der Waals surface area contributed by atoms with Crippen molar-refractivity contribution in [3.8, 4) is 5.75 Å². The number of rotatable bonds is 0. The number of carbonyl (C=O) groups is 1. The summed E-state index contributed by atoms with van der Waals surface area (Å²) in [6, 6.07) is 3.80. The van der Waals surface area contributed by atoms with E-state index in [0.717, 1.165) is 30.4 Å². The largest absolute Gasteiger partial charge is 0.508 e. The van der Waals surface area contributed by atoms with Crippen LogP contribution in [0.15, 0.2) is 17.7 Å². The number of Topliss-reactive ketones (excluding diaryl/α,β-unsaturated/α-hetero) is 1. The lowest BCUT2D eigenvalue weighted by molar-refractivity contribution is -0.119. The van der Waals surface area contributed by atoms with Gasteiger partial charge in [-0.05, 0) is 72.9 Å². The van der Waals surface area contributed by atoms with Crippen LogP contribution in [0, 0.1) is 24.2 Å². The summed E-state index contributed by atoms with van der Waals surface area (Å²) < 4.78 is 0. The monoisotopic (exact) mass is 268 g/mol. The second-order valence-electron chi connectivity index (χ2n) is 6.97. The molecule has 2 heteroatoms. The second kappa shape index (κ2) is 3.55. The number of phenolic OH excluding ortho intramolecular Hbond substituents is 1. The predicted molar refractivity (Wildman–Crippen MR) is 78.5 cm³/mol. The Balaban J connectivity index is 2.05. The van der Waals surface area contributed by atoms with Crippen LogP contribution in [0.3, 0.4) is 0 Å². The van der Waals surface area contributed by atoms with Crippen LogP contribution in [0.25, 0.3) is 5.57 Å². The van der Waals surface area contributed by atoms with E-state index in [9.17, 15) is 9.90 Å². The molecule has 2 nitrogen and oxygen atoms in total. The molecule has 3 atom stereocenters. The fourth-order valence-corrected chi connectivity index (χ4v) is 5.05. The van der Waals surface area contributed by atoms with Gasteiger partial charge in [0.25, 0.3) is 0 Å². The average molecular weight is 268 g/mol. The van der Waals surface area contributed by atoms with Gasteiger partial charge in [0, 0.05) is 11.3 Å². The Labute approximate surface area is 119 Å². The summed E-state index contributed by atoms with van der Waals surface area (Å²) in [5.74, 6) is 1.53. The molecule has 2 bridgehead atoms. The molecule has 3 unspecified atom stereocenters. The maximum absolute atomic E-state index is 12.5. The van der Waals surface area contributed by atoms with E-state index in [1.165, 1.54) is 16.7 Å². The van der Waals surface area contributed by atoms with Gasteiger partial charge >= 0.3 is 0 Å². The van der Waals surface area contributed by atoms with Crippen LogP contribution in [0.4, 0.5) is 0 Å². The van der Waals surface area contributed by atoms with Gasteiger partial charge in [-0.3, -0.25) is 4.79 Å². The fourth-order valence-electron chi connectivity index (χ4n) is 5.05. The number of hydrogen-bond acceptors (Lipinski definition) is 2. The first-order valence-corrected chi connectivity index (χ1v) is 7.53. The zero-order valence-electron chi connectivity index (χ0n) is 12.3. The predicted octanol–water partition coefficient (Wildman–Crippen LogP) is 3.65. The molecule has 1 N–H and O–H groups in total. The Hall–Kier alpha value is -1.57. The van der Waals surface area contributed by atoms with E-state index in [4.69, 9.17) is 0 Å². The van der Waals surface area contributed by atoms with Crippen LogP contribution >= 0.6 is 0 Å². The number of aromatic hydroxyl groups is 1. The smallest absolute Gasteiger partial charge is 0.162 e. The minimum absolute atomic E-state index is 0.156. The lowest BCUT2D eigenvalue weighted by Gasteiger charge is -2.34. The van der Waals surface area contributed by atoms with E-state index in [-0.39, 0.29) is 11.3 Å². The van der Waals surface area contributed by atoms with Gasteiger partial charge in [-0.25, -0.2) is 0 Å². The van der Waals surface area contributed by atoms with Gasteiger partial charge in [0.1, 0.15) is 5.75 Å². The zero-order valence-corrected chi connectivity index (χ0v) is 12.3. The Morgan fingerprint density at radius 2 is 2.05 bits per heavy atom. The summed E-state index contributed by atoms with van der Waals surface area (Å²) in [4.78, 5) is 12.5. The van der Waals surface area contributed by atoms with E-state index in [2.05, 4.69) is 6.92 Å². The summed E-state index contributed by atoms with van der Waals surface area (Å²) >= 11 is 0. The van der Waals surface area contributed by atoms with Gasteiger partial charge in [0.05, 0.1) is 0 Å². The number of benzene rings is 1.